The molecule has 4 nitrogen and oxygen atoms in total. The van der Waals surface area contributed by atoms with Gasteiger partial charge in [0.2, 0.25) is 5.16 Å². The number of H-pyrrole nitrogens is 1. The molecule has 0 fully saturated rings. The van der Waals surface area contributed by atoms with E-state index in [2.05, 4.69) is 46.4 Å². The van der Waals surface area contributed by atoms with Gasteiger partial charge in [-0.25, -0.2) is 4.98 Å². The van der Waals surface area contributed by atoms with E-state index >= 15 is 0 Å². The number of hydrogen-bond acceptors (Lipinski definition) is 4. The number of aromatic amines is 1. The van der Waals surface area contributed by atoms with Crippen LogP contribution < -0.4 is 4.74 Å². The lowest BCUT2D eigenvalue weighted by Crippen LogP contribution is -1.86. The molecule has 0 amide bonds. The lowest BCUT2D eigenvalue weighted by molar-refractivity contribution is 0.415. The first-order valence-electron chi connectivity index (χ1n) is 7.00. The van der Waals surface area contributed by atoms with Crippen molar-refractivity contribution in [2.24, 2.45) is 0 Å². The van der Waals surface area contributed by atoms with Gasteiger partial charge in [0.25, 0.3) is 0 Å². The summed E-state index contributed by atoms with van der Waals surface area (Å²) in [5, 5.41) is 8.02. The summed E-state index contributed by atoms with van der Waals surface area (Å²) < 4.78 is 5.16. The molecule has 0 unspecified atom stereocenters. The van der Waals surface area contributed by atoms with Gasteiger partial charge in [0, 0.05) is 11.3 Å². The highest BCUT2D eigenvalue weighted by molar-refractivity contribution is 7.98. The second-order valence-corrected chi connectivity index (χ2v) is 5.85. The molecule has 0 saturated heterocycles. The maximum Gasteiger partial charge on any atom is 0.209 e. The molecule has 0 aliphatic carbocycles. The molecule has 3 rings (SSSR count). The Kier molecular flexibility index (Phi) is 4.44. The molecule has 5 heteroatoms. The minimum absolute atomic E-state index is 0.758. The summed E-state index contributed by atoms with van der Waals surface area (Å²) in [7, 11) is 1.66. The number of aromatic nitrogens is 3. The first-order valence-corrected chi connectivity index (χ1v) is 7.99. The van der Waals surface area contributed by atoms with Gasteiger partial charge in [-0.2, -0.15) is 0 Å². The molecule has 0 saturated carbocycles. The Bertz CT molecular complexity index is 753. The number of aryl methyl sites for hydroxylation is 1. The highest BCUT2D eigenvalue weighted by Gasteiger charge is 2.07. The molecule has 22 heavy (non-hydrogen) atoms. The second kappa shape index (κ2) is 6.66. The summed E-state index contributed by atoms with van der Waals surface area (Å²) in [6.07, 6.45) is 0. The Hall–Kier alpha value is -2.27. The molecule has 0 aliphatic heterocycles. The van der Waals surface area contributed by atoms with Gasteiger partial charge >= 0.3 is 0 Å². The van der Waals surface area contributed by atoms with Crippen LogP contribution in [-0.2, 0) is 5.75 Å². The molecule has 0 radical (unpaired) electrons. The lowest BCUT2D eigenvalue weighted by Gasteiger charge is -2.02. The van der Waals surface area contributed by atoms with Crippen LogP contribution >= 0.6 is 11.8 Å². The predicted molar refractivity (Wildman–Crippen MR) is 89.1 cm³/mol. The van der Waals surface area contributed by atoms with Crippen molar-refractivity contribution in [3.05, 3.63) is 59.7 Å². The van der Waals surface area contributed by atoms with Crippen molar-refractivity contribution in [1.82, 2.24) is 15.2 Å². The van der Waals surface area contributed by atoms with Crippen LogP contribution in [0.1, 0.15) is 11.1 Å². The lowest BCUT2D eigenvalue weighted by atomic mass is 10.1. The van der Waals surface area contributed by atoms with Gasteiger partial charge < -0.3 is 4.74 Å². The fourth-order valence-corrected chi connectivity index (χ4v) is 2.98. The van der Waals surface area contributed by atoms with E-state index in [9.17, 15) is 0 Å². The molecule has 2 aromatic carbocycles. The summed E-state index contributed by atoms with van der Waals surface area (Å²) >= 11 is 1.63. The molecule has 0 bridgehead atoms. The molecule has 0 atom stereocenters. The summed E-state index contributed by atoms with van der Waals surface area (Å²) in [4.78, 5) is 4.54. The molecule has 0 aliphatic rings. The maximum absolute atomic E-state index is 5.16. The third-order valence-electron chi connectivity index (χ3n) is 3.45. The van der Waals surface area contributed by atoms with E-state index in [1.165, 1.54) is 11.1 Å². The highest BCUT2D eigenvalue weighted by atomic mass is 32.2. The van der Waals surface area contributed by atoms with Crippen LogP contribution in [0.2, 0.25) is 0 Å². The summed E-state index contributed by atoms with van der Waals surface area (Å²) in [5.74, 6) is 2.47. The zero-order chi connectivity index (χ0) is 15.4. The van der Waals surface area contributed by atoms with Gasteiger partial charge in [-0.3, -0.25) is 5.10 Å². The monoisotopic (exact) mass is 311 g/mol. The number of ether oxygens (including phenoxy) is 1. The van der Waals surface area contributed by atoms with E-state index in [0.29, 0.717) is 0 Å². The van der Waals surface area contributed by atoms with Crippen LogP contribution in [0.3, 0.4) is 0 Å². The van der Waals surface area contributed by atoms with E-state index in [-0.39, 0.29) is 0 Å². The fraction of sp³-hybridized carbons (Fsp3) is 0.176. The number of nitrogens with zero attached hydrogens (tertiary/aromatic N) is 2. The van der Waals surface area contributed by atoms with Gasteiger partial charge in [-0.05, 0) is 42.3 Å². The van der Waals surface area contributed by atoms with Gasteiger partial charge in [0.15, 0.2) is 5.82 Å². The van der Waals surface area contributed by atoms with E-state index in [1.807, 2.05) is 24.3 Å². The molecule has 1 heterocycles. The van der Waals surface area contributed by atoms with Crippen LogP contribution in [0.15, 0.2) is 53.7 Å². The minimum Gasteiger partial charge on any atom is -0.497 e. The standard InChI is InChI=1S/C17H17N3OS/c1-12-5-3-4-6-14(12)11-22-17-18-16(19-20-17)13-7-9-15(21-2)10-8-13/h3-10H,11H2,1-2H3,(H,18,19,20). The number of methoxy groups -OCH3 is 1. The van der Waals surface area contributed by atoms with Crippen molar-refractivity contribution < 1.29 is 4.74 Å². The zero-order valence-electron chi connectivity index (χ0n) is 12.5. The van der Waals surface area contributed by atoms with Crippen LogP contribution in [0.5, 0.6) is 5.75 Å². The average Bonchev–Trinajstić information content (AvgIpc) is 3.03. The SMILES string of the molecule is COc1ccc(-c2nc(SCc3ccccc3C)n[nH]2)cc1. The highest BCUT2D eigenvalue weighted by Crippen LogP contribution is 2.24. The van der Waals surface area contributed by atoms with Gasteiger partial charge in [-0.1, -0.05) is 36.0 Å². The molecular formula is C17H17N3OS. The van der Waals surface area contributed by atoms with E-state index in [4.69, 9.17) is 4.74 Å². The topological polar surface area (TPSA) is 50.8 Å². The van der Waals surface area contributed by atoms with E-state index in [0.717, 1.165) is 28.0 Å². The average molecular weight is 311 g/mol. The van der Waals surface area contributed by atoms with Crippen molar-refractivity contribution in [3.8, 4) is 17.1 Å². The van der Waals surface area contributed by atoms with Crippen LogP contribution in [0, 0.1) is 6.92 Å². The maximum atomic E-state index is 5.16. The molecule has 1 N–H and O–H groups in total. The van der Waals surface area contributed by atoms with Gasteiger partial charge in [0.05, 0.1) is 7.11 Å². The predicted octanol–water partition coefficient (Wildman–Crippen LogP) is 4.08. The zero-order valence-corrected chi connectivity index (χ0v) is 13.4. The molecular weight excluding hydrogens is 294 g/mol. The van der Waals surface area contributed by atoms with Crippen LogP contribution in [-0.4, -0.2) is 22.3 Å². The quantitative estimate of drug-likeness (QED) is 0.721. The Labute approximate surface area is 133 Å². The molecule has 1 aromatic heterocycles. The van der Waals surface area contributed by atoms with Gasteiger partial charge in [-0.15, -0.1) is 5.10 Å². The van der Waals surface area contributed by atoms with Gasteiger partial charge in [0.1, 0.15) is 5.75 Å². The van der Waals surface area contributed by atoms with E-state index < -0.39 is 0 Å². The van der Waals surface area contributed by atoms with Crippen LogP contribution in [0.25, 0.3) is 11.4 Å². The van der Waals surface area contributed by atoms with Crippen molar-refractivity contribution in [2.75, 3.05) is 7.11 Å². The van der Waals surface area contributed by atoms with Crippen molar-refractivity contribution >= 4 is 11.8 Å². The van der Waals surface area contributed by atoms with Crippen molar-refractivity contribution in [2.45, 2.75) is 17.8 Å². The number of hydrogen-bond donors (Lipinski definition) is 1. The third-order valence-corrected chi connectivity index (χ3v) is 4.34. The Balaban J connectivity index is 1.69. The number of thioether (sulfide) groups is 1. The third kappa shape index (κ3) is 3.31. The first kappa shape index (κ1) is 14.7. The normalized spacial score (nSPS) is 10.6. The smallest absolute Gasteiger partial charge is 0.209 e. The first-order chi connectivity index (χ1) is 10.8. The van der Waals surface area contributed by atoms with Crippen molar-refractivity contribution in [3.63, 3.8) is 0 Å². The Morgan fingerprint density at radius 3 is 2.59 bits per heavy atom. The molecule has 3 aromatic rings. The number of rotatable bonds is 5. The summed E-state index contributed by atoms with van der Waals surface area (Å²) in [5.41, 5.74) is 3.60. The second-order valence-electron chi connectivity index (χ2n) is 4.91. The van der Waals surface area contributed by atoms with Crippen LogP contribution in [0.4, 0.5) is 0 Å². The minimum atomic E-state index is 0.758. The van der Waals surface area contributed by atoms with E-state index in [1.54, 1.807) is 18.9 Å². The number of benzene rings is 2. The fourth-order valence-electron chi connectivity index (χ4n) is 2.10. The largest absolute Gasteiger partial charge is 0.497 e. The Morgan fingerprint density at radius 1 is 1.09 bits per heavy atom. The summed E-state index contributed by atoms with van der Waals surface area (Å²) in [6.45, 7) is 2.12. The number of nitrogens with one attached hydrogen (secondary N) is 1. The summed E-state index contributed by atoms with van der Waals surface area (Å²) in [6, 6.07) is 16.1. The van der Waals surface area contributed by atoms with Crippen molar-refractivity contribution in [1.29, 1.82) is 0 Å². The Morgan fingerprint density at radius 2 is 1.86 bits per heavy atom. The molecule has 0 spiro atoms. The molecule has 112 valence electrons.